The van der Waals surface area contributed by atoms with E-state index in [2.05, 4.69) is 22.3 Å². The van der Waals surface area contributed by atoms with Gasteiger partial charge in [0.05, 0.1) is 5.56 Å². The highest BCUT2D eigenvalue weighted by Crippen LogP contribution is 2.31. The molecule has 1 N–H and O–H groups in total. The summed E-state index contributed by atoms with van der Waals surface area (Å²) in [6.07, 6.45) is 2.41. The number of likely N-dealkylation sites (tertiary alicyclic amines) is 1. The van der Waals surface area contributed by atoms with Gasteiger partial charge < -0.3 is 15.1 Å². The number of carbonyl (C=O) groups is 1. The van der Waals surface area contributed by atoms with Crippen molar-refractivity contribution in [3.8, 4) is 0 Å². The number of urea groups is 1. The van der Waals surface area contributed by atoms with Crippen molar-refractivity contribution in [1.29, 1.82) is 0 Å². The number of pyridine rings is 1. The van der Waals surface area contributed by atoms with Gasteiger partial charge in [0.15, 0.2) is 0 Å². The summed E-state index contributed by atoms with van der Waals surface area (Å²) in [6.45, 7) is 4.85. The van der Waals surface area contributed by atoms with Crippen molar-refractivity contribution in [3.63, 3.8) is 0 Å². The maximum Gasteiger partial charge on any atom is 0.417 e. The molecule has 168 valence electrons. The van der Waals surface area contributed by atoms with Crippen LogP contribution < -0.4 is 5.32 Å². The molecule has 4 rings (SSSR count). The first kappa shape index (κ1) is 21.6. The lowest BCUT2D eigenvalue weighted by molar-refractivity contribution is -0.137. The van der Waals surface area contributed by atoms with E-state index >= 15 is 0 Å². The predicted octanol–water partition coefficient (Wildman–Crippen LogP) is 2.92. The predicted molar refractivity (Wildman–Crippen MR) is 108 cm³/mol. The van der Waals surface area contributed by atoms with Crippen LogP contribution in [0.5, 0.6) is 0 Å². The fraction of sp³-hybridized carbons (Fsp3) is 0.571. The largest absolute Gasteiger partial charge is 0.417 e. The van der Waals surface area contributed by atoms with Gasteiger partial charge in [-0.1, -0.05) is 0 Å². The van der Waals surface area contributed by atoms with Crippen LogP contribution in [0.1, 0.15) is 36.6 Å². The molecule has 0 aliphatic carbocycles. The number of nitrogens with zero attached hydrogens (tertiary/aromatic N) is 5. The van der Waals surface area contributed by atoms with E-state index in [0.29, 0.717) is 37.3 Å². The lowest BCUT2D eigenvalue weighted by atomic mass is 10.0. The SMILES string of the molecule is CC(CCn1cccn1)NC1CCN(C(=O)N2CCc3ncc(C(F)(F)F)cc3C2)C1. The van der Waals surface area contributed by atoms with Gasteiger partial charge in [0.2, 0.25) is 0 Å². The van der Waals surface area contributed by atoms with Crippen molar-refractivity contribution in [1.82, 2.24) is 29.9 Å². The first-order valence-corrected chi connectivity index (χ1v) is 10.6. The molecule has 0 bridgehead atoms. The minimum absolute atomic E-state index is 0.114. The Bertz CT molecular complexity index is 901. The Hall–Kier alpha value is -2.62. The van der Waals surface area contributed by atoms with Crippen molar-refractivity contribution in [2.45, 2.75) is 57.5 Å². The molecule has 2 aliphatic heterocycles. The number of amides is 2. The van der Waals surface area contributed by atoms with Crippen LogP contribution in [-0.2, 0) is 25.7 Å². The van der Waals surface area contributed by atoms with Crippen LogP contribution in [0.25, 0.3) is 0 Å². The molecule has 0 aromatic carbocycles. The van der Waals surface area contributed by atoms with E-state index in [-0.39, 0.29) is 24.7 Å². The zero-order valence-electron chi connectivity index (χ0n) is 17.5. The lowest BCUT2D eigenvalue weighted by Gasteiger charge is -2.32. The third-order valence-electron chi connectivity index (χ3n) is 5.97. The third-order valence-corrected chi connectivity index (χ3v) is 5.97. The quantitative estimate of drug-likeness (QED) is 0.783. The van der Waals surface area contributed by atoms with Gasteiger partial charge >= 0.3 is 12.2 Å². The number of rotatable bonds is 5. The van der Waals surface area contributed by atoms with Crippen molar-refractivity contribution < 1.29 is 18.0 Å². The Morgan fingerprint density at radius 1 is 1.32 bits per heavy atom. The molecule has 2 aliphatic rings. The fourth-order valence-corrected chi connectivity index (χ4v) is 4.26. The van der Waals surface area contributed by atoms with Crippen LogP contribution in [0.3, 0.4) is 0 Å². The summed E-state index contributed by atoms with van der Waals surface area (Å²) in [4.78, 5) is 20.4. The summed E-state index contributed by atoms with van der Waals surface area (Å²) in [5.74, 6) is 0. The summed E-state index contributed by atoms with van der Waals surface area (Å²) in [7, 11) is 0. The maximum absolute atomic E-state index is 13.0. The molecule has 2 aromatic heterocycles. The van der Waals surface area contributed by atoms with E-state index in [1.54, 1.807) is 16.0 Å². The number of halogens is 3. The summed E-state index contributed by atoms with van der Waals surface area (Å²) in [5, 5.41) is 7.79. The molecule has 1 fully saturated rings. The van der Waals surface area contributed by atoms with Gasteiger partial charge in [-0.3, -0.25) is 9.67 Å². The zero-order valence-corrected chi connectivity index (χ0v) is 17.5. The molecule has 10 heteroatoms. The molecule has 7 nitrogen and oxygen atoms in total. The molecule has 4 heterocycles. The maximum atomic E-state index is 13.0. The topological polar surface area (TPSA) is 66.3 Å². The normalized spacial score (nSPS) is 20.1. The number of alkyl halides is 3. The Balaban J connectivity index is 1.29. The average molecular weight is 436 g/mol. The molecule has 0 spiro atoms. The second-order valence-corrected chi connectivity index (χ2v) is 8.34. The highest BCUT2D eigenvalue weighted by molar-refractivity contribution is 5.75. The Labute approximate surface area is 179 Å². The van der Waals surface area contributed by atoms with Crippen molar-refractivity contribution in [3.05, 3.63) is 47.5 Å². The summed E-state index contributed by atoms with van der Waals surface area (Å²) in [6, 6.07) is 3.41. The average Bonchev–Trinajstić information content (AvgIpc) is 3.42. The van der Waals surface area contributed by atoms with E-state index in [4.69, 9.17) is 0 Å². The summed E-state index contributed by atoms with van der Waals surface area (Å²) in [5.41, 5.74) is 0.356. The molecule has 2 aromatic rings. The number of hydrogen-bond acceptors (Lipinski definition) is 4. The van der Waals surface area contributed by atoms with E-state index < -0.39 is 11.7 Å². The second-order valence-electron chi connectivity index (χ2n) is 8.34. The molecule has 2 atom stereocenters. The van der Waals surface area contributed by atoms with E-state index in [1.165, 1.54) is 0 Å². The van der Waals surface area contributed by atoms with Gasteiger partial charge in [-0.25, -0.2) is 4.79 Å². The van der Waals surface area contributed by atoms with Gasteiger partial charge in [-0.2, -0.15) is 18.3 Å². The molecule has 0 radical (unpaired) electrons. The minimum Gasteiger partial charge on any atom is -0.323 e. The Morgan fingerprint density at radius 2 is 2.16 bits per heavy atom. The van der Waals surface area contributed by atoms with Gasteiger partial charge in [0.1, 0.15) is 0 Å². The van der Waals surface area contributed by atoms with E-state index in [9.17, 15) is 18.0 Å². The smallest absolute Gasteiger partial charge is 0.323 e. The van der Waals surface area contributed by atoms with Crippen LogP contribution in [0.4, 0.5) is 18.0 Å². The minimum atomic E-state index is -4.43. The number of carbonyl (C=O) groups excluding carboxylic acids is 1. The molecular weight excluding hydrogens is 409 g/mol. The number of nitrogens with one attached hydrogen (secondary N) is 1. The van der Waals surface area contributed by atoms with Crippen molar-refractivity contribution in [2.24, 2.45) is 0 Å². The standard InChI is InChI=1S/C21H27F3N6O/c1-15(3-10-30-7-2-6-26-30)27-18-4-8-29(14-18)20(31)28-9-5-19-16(13-28)11-17(12-25-19)21(22,23)24/h2,6-7,11-12,15,18,27H,3-5,8-10,13-14H2,1H3. The molecule has 31 heavy (non-hydrogen) atoms. The number of aromatic nitrogens is 3. The molecule has 2 unspecified atom stereocenters. The van der Waals surface area contributed by atoms with Gasteiger partial charge in [-0.05, 0) is 37.5 Å². The molecule has 0 saturated carbocycles. The number of fused-ring (bicyclic) bond motifs is 1. The lowest BCUT2D eigenvalue weighted by Crippen LogP contribution is -2.46. The van der Waals surface area contributed by atoms with Gasteiger partial charge in [0.25, 0.3) is 0 Å². The van der Waals surface area contributed by atoms with Gasteiger partial charge in [-0.15, -0.1) is 0 Å². The Morgan fingerprint density at radius 3 is 2.90 bits per heavy atom. The highest BCUT2D eigenvalue weighted by Gasteiger charge is 2.34. The summed E-state index contributed by atoms with van der Waals surface area (Å²) < 4.78 is 40.9. The van der Waals surface area contributed by atoms with E-state index in [1.807, 2.05) is 16.9 Å². The number of aryl methyl sites for hydroxylation is 1. The van der Waals surface area contributed by atoms with Crippen LogP contribution in [-0.4, -0.2) is 62.3 Å². The molecule has 1 saturated heterocycles. The Kier molecular flexibility index (Phi) is 6.17. The van der Waals surface area contributed by atoms with Crippen LogP contribution in [0.15, 0.2) is 30.7 Å². The molecular formula is C21H27F3N6O. The monoisotopic (exact) mass is 436 g/mol. The van der Waals surface area contributed by atoms with Crippen molar-refractivity contribution in [2.75, 3.05) is 19.6 Å². The fourth-order valence-electron chi connectivity index (χ4n) is 4.26. The zero-order chi connectivity index (χ0) is 22.0. The summed E-state index contributed by atoms with van der Waals surface area (Å²) >= 11 is 0. The third kappa shape index (κ3) is 5.17. The van der Waals surface area contributed by atoms with E-state index in [0.717, 1.165) is 31.6 Å². The van der Waals surface area contributed by atoms with Crippen LogP contribution in [0, 0.1) is 0 Å². The molecule has 2 amide bonds. The second kappa shape index (κ2) is 8.86. The first-order valence-electron chi connectivity index (χ1n) is 10.6. The van der Waals surface area contributed by atoms with Crippen LogP contribution >= 0.6 is 0 Å². The first-order chi connectivity index (χ1) is 14.8. The number of hydrogen-bond donors (Lipinski definition) is 1. The van der Waals surface area contributed by atoms with Crippen LogP contribution in [0.2, 0.25) is 0 Å². The van der Waals surface area contributed by atoms with Gasteiger partial charge in [0, 0.05) is 75.5 Å². The highest BCUT2D eigenvalue weighted by atomic mass is 19.4. The van der Waals surface area contributed by atoms with Crippen molar-refractivity contribution >= 4 is 6.03 Å².